The van der Waals surface area contributed by atoms with E-state index in [0.717, 1.165) is 30.8 Å². The summed E-state index contributed by atoms with van der Waals surface area (Å²) >= 11 is 1.81. The summed E-state index contributed by atoms with van der Waals surface area (Å²) in [6, 6.07) is -0.666. The lowest BCUT2D eigenvalue weighted by molar-refractivity contribution is -0.141. The minimum absolute atomic E-state index is 0.174. The molecule has 0 bridgehead atoms. The molecule has 0 aromatic rings. The second-order valence-corrected chi connectivity index (χ2v) is 5.96. The fourth-order valence-electron chi connectivity index (χ4n) is 1.88. The summed E-state index contributed by atoms with van der Waals surface area (Å²) in [7, 11) is 0. The fraction of sp³-hybridized carbons (Fsp3) is 0.769. The zero-order chi connectivity index (χ0) is 14.3. The zero-order valence-electron chi connectivity index (χ0n) is 11.5. The van der Waals surface area contributed by atoms with Crippen LogP contribution in [-0.4, -0.2) is 41.7 Å². The molecule has 1 atom stereocenters. The van der Waals surface area contributed by atoms with Crippen LogP contribution in [0.5, 0.6) is 0 Å². The minimum atomic E-state index is -0.666. The first kappa shape index (κ1) is 16.0. The van der Waals surface area contributed by atoms with Gasteiger partial charge < -0.3 is 10.6 Å². The van der Waals surface area contributed by atoms with Crippen LogP contribution in [0.25, 0.3) is 0 Å². The molecule has 0 spiro atoms. The van der Waals surface area contributed by atoms with Crippen molar-refractivity contribution in [2.24, 2.45) is 5.92 Å². The fourth-order valence-corrected chi connectivity index (χ4v) is 2.99. The van der Waals surface area contributed by atoms with E-state index in [1.54, 1.807) is 6.92 Å². The third-order valence-corrected chi connectivity index (χ3v) is 4.15. The van der Waals surface area contributed by atoms with Gasteiger partial charge in [-0.05, 0) is 37.7 Å². The van der Waals surface area contributed by atoms with Crippen molar-refractivity contribution in [1.82, 2.24) is 10.6 Å². The SMILES string of the molecule is CCCNC(=O)[C@@H](C)NC(=O)C(=O)C1CCSCC1. The van der Waals surface area contributed by atoms with Crippen molar-refractivity contribution < 1.29 is 14.4 Å². The van der Waals surface area contributed by atoms with E-state index >= 15 is 0 Å². The molecule has 1 saturated heterocycles. The van der Waals surface area contributed by atoms with Gasteiger partial charge in [0.2, 0.25) is 11.7 Å². The molecule has 2 N–H and O–H groups in total. The summed E-state index contributed by atoms with van der Waals surface area (Å²) in [5.74, 6) is 0.424. The summed E-state index contributed by atoms with van der Waals surface area (Å²) in [4.78, 5) is 35.3. The standard InChI is InChI=1S/C13H22N2O3S/c1-3-6-14-12(17)9(2)15-13(18)11(16)10-4-7-19-8-5-10/h9-10H,3-8H2,1-2H3,(H,14,17)(H,15,18)/t9-/m1/s1. The van der Waals surface area contributed by atoms with E-state index in [1.807, 2.05) is 18.7 Å². The highest BCUT2D eigenvalue weighted by Gasteiger charge is 2.28. The highest BCUT2D eigenvalue weighted by atomic mass is 32.2. The van der Waals surface area contributed by atoms with Crippen LogP contribution in [0.1, 0.15) is 33.1 Å². The van der Waals surface area contributed by atoms with Crippen LogP contribution in [0.15, 0.2) is 0 Å². The molecular formula is C13H22N2O3S. The molecule has 2 amide bonds. The highest BCUT2D eigenvalue weighted by Crippen LogP contribution is 2.23. The number of thioether (sulfide) groups is 1. The molecule has 0 radical (unpaired) electrons. The first-order valence-electron chi connectivity index (χ1n) is 6.76. The van der Waals surface area contributed by atoms with Crippen molar-refractivity contribution in [2.75, 3.05) is 18.1 Å². The zero-order valence-corrected chi connectivity index (χ0v) is 12.3. The van der Waals surface area contributed by atoms with Crippen molar-refractivity contribution >= 4 is 29.4 Å². The third-order valence-electron chi connectivity index (χ3n) is 3.11. The Kier molecular flexibility index (Phi) is 6.91. The van der Waals surface area contributed by atoms with Gasteiger partial charge in [0, 0.05) is 12.5 Å². The van der Waals surface area contributed by atoms with Gasteiger partial charge in [-0.3, -0.25) is 14.4 Å². The molecule has 0 aromatic heterocycles. The van der Waals surface area contributed by atoms with Crippen LogP contribution in [0.3, 0.4) is 0 Å². The number of Topliss-reactive ketones (excluding diaryl/α,β-unsaturated/α-hetero) is 1. The van der Waals surface area contributed by atoms with Gasteiger partial charge in [-0.15, -0.1) is 0 Å². The van der Waals surface area contributed by atoms with E-state index in [-0.39, 0.29) is 17.6 Å². The number of nitrogens with one attached hydrogen (secondary N) is 2. The smallest absolute Gasteiger partial charge is 0.288 e. The second-order valence-electron chi connectivity index (χ2n) is 4.74. The number of hydrogen-bond donors (Lipinski definition) is 2. The molecule has 1 rings (SSSR count). The molecule has 0 aromatic carbocycles. The average molecular weight is 286 g/mol. The van der Waals surface area contributed by atoms with Crippen LogP contribution in [0.4, 0.5) is 0 Å². The number of ketones is 1. The highest BCUT2D eigenvalue weighted by molar-refractivity contribution is 7.99. The van der Waals surface area contributed by atoms with Crippen LogP contribution in [0, 0.1) is 5.92 Å². The Labute approximate surface area is 118 Å². The Morgan fingerprint density at radius 2 is 1.89 bits per heavy atom. The molecule has 1 aliphatic heterocycles. The molecule has 5 nitrogen and oxygen atoms in total. The number of carbonyl (C=O) groups is 3. The normalized spacial score (nSPS) is 17.6. The topological polar surface area (TPSA) is 75.3 Å². The molecule has 1 heterocycles. The predicted octanol–water partition coefficient (Wildman–Crippen LogP) is 0.730. The first-order valence-corrected chi connectivity index (χ1v) is 7.91. The van der Waals surface area contributed by atoms with Gasteiger partial charge in [0.05, 0.1) is 0 Å². The summed E-state index contributed by atoms with van der Waals surface area (Å²) in [5, 5.41) is 5.17. The van der Waals surface area contributed by atoms with E-state index in [2.05, 4.69) is 10.6 Å². The molecule has 0 aliphatic carbocycles. The summed E-state index contributed by atoms with van der Waals surface area (Å²) in [6.45, 7) is 4.12. The van der Waals surface area contributed by atoms with Crippen molar-refractivity contribution in [3.63, 3.8) is 0 Å². The van der Waals surface area contributed by atoms with Crippen molar-refractivity contribution in [3.8, 4) is 0 Å². The Morgan fingerprint density at radius 3 is 2.47 bits per heavy atom. The van der Waals surface area contributed by atoms with Gasteiger partial charge in [-0.25, -0.2) is 0 Å². The van der Waals surface area contributed by atoms with E-state index in [9.17, 15) is 14.4 Å². The predicted molar refractivity (Wildman–Crippen MR) is 76.0 cm³/mol. The van der Waals surface area contributed by atoms with Gasteiger partial charge in [0.1, 0.15) is 6.04 Å². The van der Waals surface area contributed by atoms with Gasteiger partial charge in [0.15, 0.2) is 0 Å². The van der Waals surface area contributed by atoms with Gasteiger partial charge >= 0.3 is 0 Å². The number of hydrogen-bond acceptors (Lipinski definition) is 4. The summed E-state index contributed by atoms with van der Waals surface area (Å²) < 4.78 is 0. The van der Waals surface area contributed by atoms with Crippen molar-refractivity contribution in [3.05, 3.63) is 0 Å². The summed E-state index contributed by atoms with van der Waals surface area (Å²) in [5.41, 5.74) is 0. The lowest BCUT2D eigenvalue weighted by atomic mass is 9.97. The maximum atomic E-state index is 11.9. The Balaban J connectivity index is 2.40. The van der Waals surface area contributed by atoms with Crippen LogP contribution >= 0.6 is 11.8 Å². The molecule has 0 unspecified atom stereocenters. The van der Waals surface area contributed by atoms with E-state index in [0.29, 0.717) is 6.54 Å². The lowest BCUT2D eigenvalue weighted by Crippen LogP contribution is -2.48. The maximum absolute atomic E-state index is 11.9. The second kappa shape index (κ2) is 8.19. The quantitative estimate of drug-likeness (QED) is 0.706. The maximum Gasteiger partial charge on any atom is 0.288 e. The lowest BCUT2D eigenvalue weighted by Gasteiger charge is -2.20. The van der Waals surface area contributed by atoms with Crippen LogP contribution in [-0.2, 0) is 14.4 Å². The molecule has 0 saturated carbocycles. The van der Waals surface area contributed by atoms with E-state index in [1.165, 1.54) is 0 Å². The van der Waals surface area contributed by atoms with Crippen molar-refractivity contribution in [2.45, 2.75) is 39.2 Å². The molecule has 1 aliphatic rings. The Bertz CT molecular complexity index is 341. The molecular weight excluding hydrogens is 264 g/mol. The molecule has 108 valence electrons. The molecule has 1 fully saturated rings. The third kappa shape index (κ3) is 5.22. The number of rotatable bonds is 6. The first-order chi connectivity index (χ1) is 9.06. The van der Waals surface area contributed by atoms with E-state index in [4.69, 9.17) is 0 Å². The molecule has 19 heavy (non-hydrogen) atoms. The van der Waals surface area contributed by atoms with Gasteiger partial charge in [-0.1, -0.05) is 6.92 Å². The van der Waals surface area contributed by atoms with Crippen LogP contribution < -0.4 is 10.6 Å². The number of amides is 2. The minimum Gasteiger partial charge on any atom is -0.354 e. The Morgan fingerprint density at radius 1 is 1.26 bits per heavy atom. The largest absolute Gasteiger partial charge is 0.354 e. The van der Waals surface area contributed by atoms with Crippen LogP contribution in [0.2, 0.25) is 0 Å². The van der Waals surface area contributed by atoms with Gasteiger partial charge in [-0.2, -0.15) is 11.8 Å². The Hall–Kier alpha value is -1.04. The van der Waals surface area contributed by atoms with E-state index < -0.39 is 11.9 Å². The average Bonchev–Trinajstić information content (AvgIpc) is 2.44. The number of carbonyl (C=O) groups excluding carboxylic acids is 3. The summed E-state index contributed by atoms with van der Waals surface area (Å²) in [6.07, 6.45) is 2.35. The van der Waals surface area contributed by atoms with Gasteiger partial charge in [0.25, 0.3) is 5.91 Å². The molecule has 6 heteroatoms. The monoisotopic (exact) mass is 286 g/mol. The van der Waals surface area contributed by atoms with Crippen molar-refractivity contribution in [1.29, 1.82) is 0 Å².